The van der Waals surface area contributed by atoms with Gasteiger partial charge in [-0.1, -0.05) is 27.7 Å². The number of aromatic nitrogens is 2. The number of carbonyl (C=O) groups is 9. The van der Waals surface area contributed by atoms with Gasteiger partial charge in [-0.25, -0.2) is 4.98 Å². The Kier molecular flexibility index (Phi) is 25.0. The Bertz CT molecular complexity index is 1790. The van der Waals surface area contributed by atoms with Crippen molar-refractivity contribution in [3.63, 3.8) is 0 Å². The van der Waals surface area contributed by atoms with Crippen LogP contribution in [-0.2, 0) is 49.6 Å². The van der Waals surface area contributed by atoms with Crippen molar-refractivity contribution in [2.75, 3.05) is 19.6 Å². The highest BCUT2D eigenvalue weighted by molar-refractivity contribution is 5.98. The van der Waals surface area contributed by atoms with Gasteiger partial charge in [0.2, 0.25) is 47.3 Å². The van der Waals surface area contributed by atoms with Crippen molar-refractivity contribution in [2.45, 2.75) is 173 Å². The summed E-state index contributed by atoms with van der Waals surface area (Å²) in [4.78, 5) is 129. The Morgan fingerprint density at radius 3 is 1.57 bits per heavy atom. The maximum atomic E-state index is 14.2. The average Bonchev–Trinajstić information content (AvgIpc) is 3.97. The molecule has 0 radical (unpaired) electrons. The van der Waals surface area contributed by atoms with E-state index in [0.717, 1.165) is 0 Å². The molecule has 0 aliphatic carbocycles. The van der Waals surface area contributed by atoms with Crippen molar-refractivity contribution in [2.24, 2.45) is 29.0 Å². The molecule has 0 saturated carbocycles. The van der Waals surface area contributed by atoms with Crippen LogP contribution in [-0.4, -0.2) is 147 Å². The van der Waals surface area contributed by atoms with Crippen molar-refractivity contribution in [3.05, 3.63) is 18.2 Å². The third-order valence-electron chi connectivity index (χ3n) is 11.2. The molecule has 9 atom stereocenters. The van der Waals surface area contributed by atoms with Crippen molar-refractivity contribution in [3.8, 4) is 0 Å². The van der Waals surface area contributed by atoms with E-state index in [1.165, 1.54) is 38.2 Å². The predicted octanol–water partition coefficient (Wildman–Crippen LogP) is -1.84. The Morgan fingerprint density at radius 2 is 1.12 bits per heavy atom. The molecule has 2 rings (SSSR count). The Hall–Kier alpha value is -5.68. The van der Waals surface area contributed by atoms with Crippen LogP contribution < -0.4 is 54.4 Å². The molecular formula is C44H77N13O10. The van der Waals surface area contributed by atoms with Gasteiger partial charge in [0.1, 0.15) is 48.3 Å². The summed E-state index contributed by atoms with van der Waals surface area (Å²) in [7, 11) is 0. The summed E-state index contributed by atoms with van der Waals surface area (Å²) in [6.45, 7) is 12.5. The molecule has 1 aliphatic rings. The molecule has 0 bridgehead atoms. The van der Waals surface area contributed by atoms with Crippen LogP contribution in [0.2, 0.25) is 0 Å². The molecule has 378 valence electrons. The lowest BCUT2D eigenvalue weighted by atomic mass is 9.99. The van der Waals surface area contributed by atoms with E-state index in [1.54, 1.807) is 0 Å². The van der Waals surface area contributed by atoms with E-state index in [4.69, 9.17) is 17.2 Å². The molecule has 8 amide bonds. The molecule has 0 unspecified atom stereocenters. The van der Waals surface area contributed by atoms with E-state index in [9.17, 15) is 48.3 Å². The predicted molar refractivity (Wildman–Crippen MR) is 248 cm³/mol. The van der Waals surface area contributed by atoms with E-state index < -0.39 is 108 Å². The monoisotopic (exact) mass is 948 g/mol. The number of amides is 8. The molecule has 1 fully saturated rings. The summed E-state index contributed by atoms with van der Waals surface area (Å²) in [5.74, 6) is -6.68. The van der Waals surface area contributed by atoms with Crippen LogP contribution in [0.3, 0.4) is 0 Å². The van der Waals surface area contributed by atoms with Gasteiger partial charge in [-0.2, -0.15) is 0 Å². The molecule has 23 heteroatoms. The summed E-state index contributed by atoms with van der Waals surface area (Å²) < 4.78 is 0. The SMILES string of the molecule is CC(C)C[C@H](NC(=O)[C@H](CC(C)C)NC(=O)[C@H](CCCCN)NC(=O)[C@H](CCCCN)NC(=O)[C@H](Cc1cnc[nH]1)NC(=O)[C@@H]1CCCN1C(=O)[C@H](C)N)C(=O)N[C@@H](C)C(=O)N[C@@H](C)C(=O)O. The highest BCUT2D eigenvalue weighted by atomic mass is 16.4. The van der Waals surface area contributed by atoms with Gasteiger partial charge >= 0.3 is 5.97 Å². The fourth-order valence-electron chi connectivity index (χ4n) is 7.46. The van der Waals surface area contributed by atoms with Gasteiger partial charge < -0.3 is 69.4 Å². The number of nitrogens with two attached hydrogens (primary N) is 3. The zero-order valence-electron chi connectivity index (χ0n) is 40.2. The molecule has 1 aliphatic heterocycles. The summed E-state index contributed by atoms with van der Waals surface area (Å²) in [5, 5.41) is 27.8. The van der Waals surface area contributed by atoms with Crippen LogP contribution >= 0.6 is 0 Å². The van der Waals surface area contributed by atoms with Crippen molar-refractivity contribution in [1.82, 2.24) is 52.1 Å². The molecule has 67 heavy (non-hydrogen) atoms. The number of aliphatic carboxylic acids is 1. The van der Waals surface area contributed by atoms with E-state index in [0.29, 0.717) is 63.9 Å². The Morgan fingerprint density at radius 1 is 0.657 bits per heavy atom. The second kappa shape index (κ2) is 29.2. The number of likely N-dealkylation sites (tertiary alicyclic amines) is 1. The first-order valence-corrected chi connectivity index (χ1v) is 23.4. The molecular weight excluding hydrogens is 871 g/mol. The molecule has 1 saturated heterocycles. The largest absolute Gasteiger partial charge is 0.480 e. The minimum Gasteiger partial charge on any atom is -0.480 e. The molecule has 2 heterocycles. The van der Waals surface area contributed by atoms with E-state index >= 15 is 0 Å². The quantitative estimate of drug-likeness (QED) is 0.0377. The number of nitrogens with zero attached hydrogens (tertiary/aromatic N) is 2. The number of carbonyl (C=O) groups excluding carboxylic acids is 8. The smallest absolute Gasteiger partial charge is 0.325 e. The topological polar surface area (TPSA) is 368 Å². The van der Waals surface area contributed by atoms with E-state index in [2.05, 4.69) is 47.2 Å². The molecule has 15 N–H and O–H groups in total. The molecule has 1 aromatic rings. The average molecular weight is 948 g/mol. The second-order valence-corrected chi connectivity index (χ2v) is 18.2. The van der Waals surface area contributed by atoms with Gasteiger partial charge in [0.05, 0.1) is 12.4 Å². The number of nitrogens with one attached hydrogen (secondary N) is 8. The van der Waals surface area contributed by atoms with Crippen molar-refractivity contribution in [1.29, 1.82) is 0 Å². The van der Waals surface area contributed by atoms with E-state index in [1.807, 2.05) is 27.7 Å². The van der Waals surface area contributed by atoms with E-state index in [-0.39, 0.29) is 43.9 Å². The first-order chi connectivity index (χ1) is 31.6. The van der Waals surface area contributed by atoms with Crippen molar-refractivity contribution >= 4 is 53.2 Å². The minimum absolute atomic E-state index is 0.0355. The highest BCUT2D eigenvalue weighted by Gasteiger charge is 2.38. The number of hydrogen-bond acceptors (Lipinski definition) is 13. The number of hydrogen-bond donors (Lipinski definition) is 12. The maximum Gasteiger partial charge on any atom is 0.325 e. The Balaban J connectivity index is 2.36. The van der Waals surface area contributed by atoms with Crippen LogP contribution in [0.5, 0.6) is 0 Å². The first kappa shape index (κ1) is 57.4. The summed E-state index contributed by atoms with van der Waals surface area (Å²) >= 11 is 0. The lowest BCUT2D eigenvalue weighted by Gasteiger charge is -2.29. The fraction of sp³-hybridized carbons (Fsp3) is 0.727. The van der Waals surface area contributed by atoms with Crippen LogP contribution in [0.4, 0.5) is 0 Å². The summed E-state index contributed by atoms with van der Waals surface area (Å²) in [6, 6.07) is -9.97. The van der Waals surface area contributed by atoms with Crippen LogP contribution in [0, 0.1) is 11.8 Å². The van der Waals surface area contributed by atoms with Gasteiger partial charge in [0.25, 0.3) is 0 Å². The van der Waals surface area contributed by atoms with Gasteiger partial charge in [0.15, 0.2) is 0 Å². The molecule has 0 spiro atoms. The number of carboxylic acids is 1. The molecule has 23 nitrogen and oxygen atoms in total. The third-order valence-corrected chi connectivity index (χ3v) is 11.2. The zero-order valence-corrected chi connectivity index (χ0v) is 40.2. The van der Waals surface area contributed by atoms with Crippen LogP contribution in [0.25, 0.3) is 0 Å². The number of carboxylic acid groups (broad SMARTS) is 1. The summed E-state index contributed by atoms with van der Waals surface area (Å²) in [5.41, 5.74) is 17.9. The number of aromatic amines is 1. The Labute approximate surface area is 393 Å². The number of H-pyrrole nitrogens is 1. The van der Waals surface area contributed by atoms with Gasteiger partial charge in [-0.15, -0.1) is 0 Å². The summed E-state index contributed by atoms with van der Waals surface area (Å²) in [6.07, 6.45) is 6.18. The zero-order chi connectivity index (χ0) is 50.4. The number of unbranched alkanes of at least 4 members (excludes halogenated alkanes) is 2. The van der Waals surface area contributed by atoms with Gasteiger partial charge in [-0.3, -0.25) is 43.2 Å². The third kappa shape index (κ3) is 20.0. The second-order valence-electron chi connectivity index (χ2n) is 18.2. The number of imidazole rings is 1. The molecule has 0 aromatic carbocycles. The lowest BCUT2D eigenvalue weighted by molar-refractivity contribution is -0.141. The van der Waals surface area contributed by atoms with Gasteiger partial charge in [0, 0.05) is 24.9 Å². The standard InChI is InChI=1S/C44H77N13O10/c1-24(2)19-32(39(61)50-27(6)36(58)51-28(7)44(66)67)55-40(62)33(20-25(3)4)54-38(60)31(14-9-11-17-46)52-37(59)30(13-8-10-16-45)53-41(63)34(21-29-22-48-23-49-29)56-42(64)35-15-12-18-57(35)43(65)26(5)47/h22-28,30-35H,8-21,45-47H2,1-7H3,(H,48,49)(H,50,61)(H,51,58)(H,52,59)(H,53,63)(H,54,60)(H,55,62)(H,56,64)(H,66,67)/t26-,27-,28-,30-,31-,32-,33-,34-,35-/m0/s1. The normalized spacial score (nSPS) is 17.2. The molecule has 1 aromatic heterocycles. The number of rotatable bonds is 30. The first-order valence-electron chi connectivity index (χ1n) is 23.4. The van der Waals surface area contributed by atoms with Crippen LogP contribution in [0.15, 0.2) is 12.5 Å². The fourth-order valence-corrected chi connectivity index (χ4v) is 7.46. The van der Waals surface area contributed by atoms with Gasteiger partial charge in [-0.05, 0) is 110 Å². The van der Waals surface area contributed by atoms with Crippen LogP contribution in [0.1, 0.15) is 118 Å². The maximum absolute atomic E-state index is 14.2. The lowest BCUT2D eigenvalue weighted by Crippen LogP contribution is -2.60. The minimum atomic E-state index is -1.26. The highest BCUT2D eigenvalue weighted by Crippen LogP contribution is 2.19. The van der Waals surface area contributed by atoms with Crippen molar-refractivity contribution < 1.29 is 48.3 Å².